The number of nitrogens with zero attached hydrogens (tertiary/aromatic N) is 3. The highest BCUT2D eigenvalue weighted by atomic mass is 16.7. The molecule has 1 aliphatic heterocycles. The summed E-state index contributed by atoms with van der Waals surface area (Å²) in [4.78, 5) is 4.12. The number of fused-ring (bicyclic) bond motifs is 1. The molecule has 1 saturated heterocycles. The van der Waals surface area contributed by atoms with Crippen molar-refractivity contribution in [1.29, 1.82) is 0 Å². The predicted octanol–water partition coefficient (Wildman–Crippen LogP) is 1.91. The molecule has 0 amide bonds. The molecule has 0 saturated carbocycles. The first-order valence-corrected chi connectivity index (χ1v) is 8.68. The molecule has 1 aromatic carbocycles. The lowest BCUT2D eigenvalue weighted by molar-refractivity contribution is -0.141. The highest BCUT2D eigenvalue weighted by molar-refractivity contribution is 5.67. The molecule has 27 heavy (non-hydrogen) atoms. The Kier molecular flexibility index (Phi) is 4.56. The molecule has 0 spiro atoms. The zero-order chi connectivity index (χ0) is 19.0. The molecule has 3 aromatic rings. The molecule has 0 radical (unpaired) electrons. The van der Waals surface area contributed by atoms with Crippen molar-refractivity contribution in [2.45, 2.75) is 32.0 Å². The van der Waals surface area contributed by atoms with Gasteiger partial charge in [-0.2, -0.15) is 5.10 Å². The van der Waals surface area contributed by atoms with Gasteiger partial charge in [-0.05, 0) is 38.1 Å². The molecule has 0 bridgehead atoms. The number of hydrogen-bond donors (Lipinski definition) is 2. The second-order valence-corrected chi connectivity index (χ2v) is 6.80. The van der Waals surface area contributed by atoms with E-state index in [0.717, 1.165) is 5.56 Å². The molecule has 3 heterocycles. The topological polar surface area (TPSA) is 98.3 Å². The van der Waals surface area contributed by atoms with Gasteiger partial charge in [-0.15, -0.1) is 0 Å². The average molecular weight is 371 g/mol. The third-order valence-corrected chi connectivity index (χ3v) is 4.31. The second kappa shape index (κ2) is 6.90. The zero-order valence-electron chi connectivity index (χ0n) is 15.1. The van der Waals surface area contributed by atoms with Gasteiger partial charge < -0.3 is 24.4 Å². The first-order valence-electron chi connectivity index (χ1n) is 8.68. The summed E-state index contributed by atoms with van der Waals surface area (Å²) in [6.45, 7) is 4.58. The summed E-state index contributed by atoms with van der Waals surface area (Å²) in [6, 6.07) is 11.1. The molecule has 4 rings (SSSR count). The summed E-state index contributed by atoms with van der Waals surface area (Å²) in [5, 5.41) is 23.4. The Labute approximate surface area is 155 Å². The Balaban J connectivity index is 1.61. The summed E-state index contributed by atoms with van der Waals surface area (Å²) in [5.74, 6) is 0.0622. The van der Waals surface area contributed by atoms with Crippen molar-refractivity contribution < 1.29 is 24.4 Å². The van der Waals surface area contributed by atoms with Crippen LogP contribution in [0.1, 0.15) is 25.8 Å². The Bertz CT molecular complexity index is 953. The van der Waals surface area contributed by atoms with Crippen LogP contribution in [0.5, 0.6) is 5.75 Å². The lowest BCUT2D eigenvalue weighted by Gasteiger charge is -2.18. The van der Waals surface area contributed by atoms with Gasteiger partial charge >= 0.3 is 0 Å². The predicted molar refractivity (Wildman–Crippen MR) is 96.0 cm³/mol. The number of hydrogen-bond acceptors (Lipinski definition) is 7. The summed E-state index contributed by atoms with van der Waals surface area (Å²) >= 11 is 0. The van der Waals surface area contributed by atoms with Gasteiger partial charge in [0.1, 0.15) is 24.2 Å². The SMILES string of the molecule is CC1(C)OCC(COc2ccccc2-c2ccc3ncc(C(O)O)n3n2)O1. The minimum atomic E-state index is -1.66. The van der Waals surface area contributed by atoms with Gasteiger partial charge in [0.25, 0.3) is 0 Å². The number of aliphatic hydroxyl groups is 2. The van der Waals surface area contributed by atoms with Crippen LogP contribution >= 0.6 is 0 Å². The van der Waals surface area contributed by atoms with Crippen molar-refractivity contribution in [2.24, 2.45) is 0 Å². The Morgan fingerprint density at radius 2 is 2.07 bits per heavy atom. The Morgan fingerprint density at radius 1 is 1.26 bits per heavy atom. The van der Waals surface area contributed by atoms with Gasteiger partial charge in [0.05, 0.1) is 18.5 Å². The fraction of sp³-hybridized carbons (Fsp3) is 0.368. The van der Waals surface area contributed by atoms with Crippen LogP contribution < -0.4 is 4.74 Å². The normalized spacial score (nSPS) is 19.1. The highest BCUT2D eigenvalue weighted by Crippen LogP contribution is 2.30. The van der Waals surface area contributed by atoms with Crippen molar-refractivity contribution >= 4 is 5.65 Å². The van der Waals surface area contributed by atoms with Crippen LogP contribution in [0.25, 0.3) is 16.9 Å². The molecular formula is C19H21N3O5. The monoisotopic (exact) mass is 371 g/mol. The third kappa shape index (κ3) is 3.65. The van der Waals surface area contributed by atoms with Crippen molar-refractivity contribution in [3.63, 3.8) is 0 Å². The lowest BCUT2D eigenvalue weighted by Crippen LogP contribution is -2.25. The van der Waals surface area contributed by atoms with E-state index in [1.807, 2.05) is 44.2 Å². The summed E-state index contributed by atoms with van der Waals surface area (Å²) < 4.78 is 18.7. The van der Waals surface area contributed by atoms with E-state index in [1.54, 1.807) is 6.07 Å². The van der Waals surface area contributed by atoms with E-state index in [1.165, 1.54) is 10.7 Å². The highest BCUT2D eigenvalue weighted by Gasteiger charge is 2.33. The molecule has 2 N–H and O–H groups in total. The zero-order valence-corrected chi connectivity index (χ0v) is 15.1. The molecule has 8 heteroatoms. The fourth-order valence-corrected chi connectivity index (χ4v) is 3.04. The standard InChI is InChI=1S/C19H21N3O5/c1-19(2)26-11-12(27-19)10-25-16-6-4-3-5-13(16)14-7-8-17-20-9-15(18(23)24)22(17)21-14/h3-9,12,18,23-24H,10-11H2,1-2H3. The minimum Gasteiger partial charge on any atom is -0.490 e. The van der Waals surface area contributed by atoms with Gasteiger partial charge in [0.15, 0.2) is 17.7 Å². The molecule has 2 aromatic heterocycles. The van der Waals surface area contributed by atoms with Crippen molar-refractivity contribution in [3.05, 3.63) is 48.3 Å². The summed E-state index contributed by atoms with van der Waals surface area (Å²) in [7, 11) is 0. The maximum atomic E-state index is 9.48. The molecule has 1 aliphatic rings. The molecule has 1 fully saturated rings. The average Bonchev–Trinajstić information content (AvgIpc) is 3.22. The van der Waals surface area contributed by atoms with E-state index in [4.69, 9.17) is 14.2 Å². The lowest BCUT2D eigenvalue weighted by atomic mass is 10.1. The number of benzene rings is 1. The molecule has 1 unspecified atom stereocenters. The van der Waals surface area contributed by atoms with Crippen LogP contribution in [-0.2, 0) is 9.47 Å². The first kappa shape index (κ1) is 17.9. The minimum absolute atomic E-state index is 0.145. The number of imidazole rings is 1. The van der Waals surface area contributed by atoms with E-state index in [-0.39, 0.29) is 11.8 Å². The van der Waals surface area contributed by atoms with Crippen molar-refractivity contribution in [2.75, 3.05) is 13.2 Å². The van der Waals surface area contributed by atoms with Crippen LogP contribution in [0.3, 0.4) is 0 Å². The summed E-state index contributed by atoms with van der Waals surface area (Å²) in [6.07, 6.45) is -0.413. The number of ether oxygens (including phenoxy) is 3. The molecule has 8 nitrogen and oxygen atoms in total. The van der Waals surface area contributed by atoms with Crippen molar-refractivity contribution in [3.8, 4) is 17.0 Å². The van der Waals surface area contributed by atoms with Crippen molar-refractivity contribution in [1.82, 2.24) is 14.6 Å². The van der Waals surface area contributed by atoms with E-state index in [0.29, 0.717) is 30.3 Å². The van der Waals surface area contributed by atoms with Gasteiger partial charge in [-0.25, -0.2) is 9.50 Å². The molecular weight excluding hydrogens is 350 g/mol. The molecule has 0 aliphatic carbocycles. The quantitative estimate of drug-likeness (QED) is 0.661. The van der Waals surface area contributed by atoms with Crippen LogP contribution in [0.2, 0.25) is 0 Å². The Hall–Kier alpha value is -2.52. The van der Waals surface area contributed by atoms with E-state index >= 15 is 0 Å². The van der Waals surface area contributed by atoms with Gasteiger partial charge in [-0.1, -0.05) is 12.1 Å². The maximum absolute atomic E-state index is 9.48. The van der Waals surface area contributed by atoms with Crippen LogP contribution in [0.15, 0.2) is 42.6 Å². The van der Waals surface area contributed by atoms with Crippen LogP contribution in [0, 0.1) is 0 Å². The number of para-hydroxylation sites is 1. The Morgan fingerprint density at radius 3 is 2.81 bits per heavy atom. The van der Waals surface area contributed by atoms with E-state index in [2.05, 4.69) is 10.1 Å². The molecule has 142 valence electrons. The molecule has 1 atom stereocenters. The van der Waals surface area contributed by atoms with E-state index in [9.17, 15) is 10.2 Å². The maximum Gasteiger partial charge on any atom is 0.197 e. The van der Waals surface area contributed by atoms with Gasteiger partial charge in [-0.3, -0.25) is 0 Å². The first-order chi connectivity index (χ1) is 12.9. The third-order valence-electron chi connectivity index (χ3n) is 4.31. The van der Waals surface area contributed by atoms with Crippen LogP contribution in [0.4, 0.5) is 0 Å². The van der Waals surface area contributed by atoms with Gasteiger partial charge in [0, 0.05) is 5.56 Å². The second-order valence-electron chi connectivity index (χ2n) is 6.80. The number of rotatable bonds is 5. The largest absolute Gasteiger partial charge is 0.490 e. The smallest absolute Gasteiger partial charge is 0.197 e. The van der Waals surface area contributed by atoms with Crippen LogP contribution in [-0.4, -0.2) is 49.9 Å². The number of aromatic nitrogens is 3. The van der Waals surface area contributed by atoms with E-state index < -0.39 is 12.1 Å². The number of aliphatic hydroxyl groups excluding tert-OH is 1. The van der Waals surface area contributed by atoms with Gasteiger partial charge in [0.2, 0.25) is 0 Å². The summed E-state index contributed by atoms with van der Waals surface area (Å²) in [5.41, 5.74) is 2.13. The fourth-order valence-electron chi connectivity index (χ4n) is 3.04.